The Morgan fingerprint density at radius 2 is 2.06 bits per heavy atom. The summed E-state index contributed by atoms with van der Waals surface area (Å²) in [6.07, 6.45) is 0.321. The van der Waals surface area contributed by atoms with Crippen molar-refractivity contribution in [3.8, 4) is 0 Å². The second-order valence-corrected chi connectivity index (χ2v) is 4.65. The Hall–Kier alpha value is -1.26. The number of carbonyl (C=O) groups is 2. The van der Waals surface area contributed by atoms with E-state index in [1.807, 2.05) is 13.8 Å². The number of esters is 1. The number of likely N-dealkylation sites (tertiary alicyclic amines) is 1. The van der Waals surface area contributed by atoms with Crippen molar-refractivity contribution >= 4 is 12.1 Å². The molecule has 17 heavy (non-hydrogen) atoms. The third kappa shape index (κ3) is 4.24. The number of rotatable bonds is 4. The summed E-state index contributed by atoms with van der Waals surface area (Å²) in [5, 5.41) is 0. The molecule has 1 rings (SSSR count). The lowest BCUT2D eigenvalue weighted by Gasteiger charge is -2.15. The largest absolute Gasteiger partial charge is 0.465 e. The topological polar surface area (TPSA) is 55.8 Å². The molecule has 1 atom stereocenters. The molecule has 0 spiro atoms. The van der Waals surface area contributed by atoms with Crippen LogP contribution < -0.4 is 0 Å². The molecule has 1 amide bonds. The molecular weight excluding hydrogens is 222 g/mol. The van der Waals surface area contributed by atoms with E-state index >= 15 is 0 Å². The number of nitrogens with zero attached hydrogens (tertiary/aromatic N) is 1. The third-order valence-corrected chi connectivity index (χ3v) is 2.61. The summed E-state index contributed by atoms with van der Waals surface area (Å²) < 4.78 is 10.0. The maximum absolute atomic E-state index is 11.7. The average molecular weight is 243 g/mol. The molecular formula is C12H21NO4. The molecule has 1 heterocycles. The highest BCUT2D eigenvalue weighted by Gasteiger charge is 2.32. The lowest BCUT2D eigenvalue weighted by atomic mass is 10.1. The standard InChI is InChI=1S/C12H21NO4/c1-4-16-12(15)13-6-5-10(7-13)11(14)17-8-9(2)3/h9-10H,4-8H2,1-3H3. The highest BCUT2D eigenvalue weighted by Crippen LogP contribution is 2.18. The molecule has 5 nitrogen and oxygen atoms in total. The molecule has 1 unspecified atom stereocenters. The molecule has 0 aromatic heterocycles. The lowest BCUT2D eigenvalue weighted by molar-refractivity contribution is -0.149. The molecule has 1 aliphatic heterocycles. The van der Waals surface area contributed by atoms with Gasteiger partial charge in [0.05, 0.1) is 19.1 Å². The fourth-order valence-electron chi connectivity index (χ4n) is 1.70. The fourth-order valence-corrected chi connectivity index (χ4v) is 1.70. The number of amides is 1. The van der Waals surface area contributed by atoms with Crippen LogP contribution in [-0.4, -0.2) is 43.3 Å². The number of hydrogen-bond acceptors (Lipinski definition) is 4. The van der Waals surface area contributed by atoms with E-state index in [1.54, 1.807) is 11.8 Å². The van der Waals surface area contributed by atoms with Gasteiger partial charge in [-0.05, 0) is 19.3 Å². The molecule has 0 N–H and O–H groups in total. The molecule has 1 aliphatic rings. The molecule has 1 fully saturated rings. The van der Waals surface area contributed by atoms with Gasteiger partial charge in [0.15, 0.2) is 0 Å². The molecule has 1 saturated heterocycles. The fraction of sp³-hybridized carbons (Fsp3) is 0.833. The highest BCUT2D eigenvalue weighted by molar-refractivity contribution is 5.75. The molecule has 0 aromatic carbocycles. The van der Waals surface area contributed by atoms with Crippen molar-refractivity contribution in [1.29, 1.82) is 0 Å². The van der Waals surface area contributed by atoms with Crippen LogP contribution in [0.4, 0.5) is 4.79 Å². The zero-order valence-corrected chi connectivity index (χ0v) is 10.8. The lowest BCUT2D eigenvalue weighted by Crippen LogP contribution is -2.31. The first-order chi connectivity index (χ1) is 8.04. The minimum atomic E-state index is -0.341. The number of carbonyl (C=O) groups excluding carboxylic acids is 2. The van der Waals surface area contributed by atoms with Crippen LogP contribution in [0, 0.1) is 11.8 Å². The van der Waals surface area contributed by atoms with Crippen molar-refractivity contribution in [2.75, 3.05) is 26.3 Å². The van der Waals surface area contributed by atoms with E-state index in [9.17, 15) is 9.59 Å². The van der Waals surface area contributed by atoms with Crippen molar-refractivity contribution in [3.63, 3.8) is 0 Å². The predicted molar refractivity (Wildman–Crippen MR) is 62.5 cm³/mol. The van der Waals surface area contributed by atoms with E-state index in [-0.39, 0.29) is 18.0 Å². The van der Waals surface area contributed by atoms with Gasteiger partial charge in [0.25, 0.3) is 0 Å². The number of hydrogen-bond donors (Lipinski definition) is 0. The smallest absolute Gasteiger partial charge is 0.409 e. The molecule has 0 aliphatic carbocycles. The quantitative estimate of drug-likeness (QED) is 0.705. The summed E-state index contributed by atoms with van der Waals surface area (Å²) in [5.41, 5.74) is 0. The van der Waals surface area contributed by atoms with Gasteiger partial charge in [-0.25, -0.2) is 4.79 Å². The average Bonchev–Trinajstić information content (AvgIpc) is 2.75. The summed E-state index contributed by atoms with van der Waals surface area (Å²) in [7, 11) is 0. The summed E-state index contributed by atoms with van der Waals surface area (Å²) in [6.45, 7) is 7.53. The predicted octanol–water partition coefficient (Wildman–Crippen LogP) is 1.66. The molecule has 5 heteroatoms. The van der Waals surface area contributed by atoms with Crippen molar-refractivity contribution in [2.45, 2.75) is 27.2 Å². The Morgan fingerprint density at radius 1 is 1.35 bits per heavy atom. The molecule has 0 radical (unpaired) electrons. The SMILES string of the molecule is CCOC(=O)N1CCC(C(=O)OCC(C)C)C1. The second kappa shape index (κ2) is 6.47. The Morgan fingerprint density at radius 3 is 2.65 bits per heavy atom. The monoisotopic (exact) mass is 243 g/mol. The maximum Gasteiger partial charge on any atom is 0.409 e. The third-order valence-electron chi connectivity index (χ3n) is 2.61. The van der Waals surface area contributed by atoms with Crippen LogP contribution in [0.25, 0.3) is 0 Å². The van der Waals surface area contributed by atoms with Crippen molar-refractivity contribution < 1.29 is 19.1 Å². The first kappa shape index (κ1) is 13.8. The molecule has 98 valence electrons. The van der Waals surface area contributed by atoms with E-state index in [0.717, 1.165) is 0 Å². The molecule has 0 bridgehead atoms. The van der Waals surface area contributed by atoms with Gasteiger partial charge in [0.1, 0.15) is 0 Å². The summed E-state index contributed by atoms with van der Waals surface area (Å²) in [4.78, 5) is 24.7. The van der Waals surface area contributed by atoms with Crippen LogP contribution in [0.3, 0.4) is 0 Å². The van der Waals surface area contributed by atoms with Crippen molar-refractivity contribution in [3.05, 3.63) is 0 Å². The van der Waals surface area contributed by atoms with E-state index in [1.165, 1.54) is 0 Å². The first-order valence-electron chi connectivity index (χ1n) is 6.13. The molecule has 0 saturated carbocycles. The van der Waals surface area contributed by atoms with Crippen LogP contribution >= 0.6 is 0 Å². The minimum absolute atomic E-state index is 0.196. The van der Waals surface area contributed by atoms with E-state index < -0.39 is 0 Å². The van der Waals surface area contributed by atoms with Gasteiger partial charge in [-0.3, -0.25) is 4.79 Å². The van der Waals surface area contributed by atoms with Crippen molar-refractivity contribution in [2.24, 2.45) is 11.8 Å². The molecule has 0 aromatic rings. The van der Waals surface area contributed by atoms with Gasteiger partial charge in [-0.15, -0.1) is 0 Å². The van der Waals surface area contributed by atoms with E-state index in [4.69, 9.17) is 9.47 Å². The Kier molecular flexibility index (Phi) is 5.25. The highest BCUT2D eigenvalue weighted by atomic mass is 16.6. The van der Waals surface area contributed by atoms with Crippen LogP contribution in [0.1, 0.15) is 27.2 Å². The number of ether oxygens (including phenoxy) is 2. The van der Waals surface area contributed by atoms with Gasteiger partial charge in [-0.2, -0.15) is 0 Å². The van der Waals surface area contributed by atoms with Crippen LogP contribution in [0.5, 0.6) is 0 Å². The Labute approximate surface area is 102 Å². The van der Waals surface area contributed by atoms with Crippen LogP contribution in [-0.2, 0) is 14.3 Å². The van der Waals surface area contributed by atoms with Crippen molar-refractivity contribution in [1.82, 2.24) is 4.90 Å². The summed E-state index contributed by atoms with van der Waals surface area (Å²) in [5.74, 6) is -0.0647. The maximum atomic E-state index is 11.7. The first-order valence-corrected chi connectivity index (χ1v) is 6.13. The summed E-state index contributed by atoms with van der Waals surface area (Å²) >= 11 is 0. The van der Waals surface area contributed by atoms with E-state index in [0.29, 0.717) is 38.6 Å². The van der Waals surface area contributed by atoms with Gasteiger partial charge in [0.2, 0.25) is 0 Å². The zero-order valence-electron chi connectivity index (χ0n) is 10.8. The zero-order chi connectivity index (χ0) is 12.8. The normalized spacial score (nSPS) is 19.5. The van der Waals surface area contributed by atoms with E-state index in [2.05, 4.69) is 0 Å². The van der Waals surface area contributed by atoms with Gasteiger partial charge in [-0.1, -0.05) is 13.8 Å². The van der Waals surface area contributed by atoms with Gasteiger partial charge >= 0.3 is 12.1 Å². The van der Waals surface area contributed by atoms with Crippen LogP contribution in [0.2, 0.25) is 0 Å². The Balaban J connectivity index is 2.34. The minimum Gasteiger partial charge on any atom is -0.465 e. The Bertz CT molecular complexity index is 278. The van der Waals surface area contributed by atoms with Crippen LogP contribution in [0.15, 0.2) is 0 Å². The summed E-state index contributed by atoms with van der Waals surface area (Å²) in [6, 6.07) is 0. The van der Waals surface area contributed by atoms with Gasteiger partial charge in [0, 0.05) is 13.1 Å². The van der Waals surface area contributed by atoms with Gasteiger partial charge < -0.3 is 14.4 Å². The second-order valence-electron chi connectivity index (χ2n) is 4.65.